The number of rotatable bonds is 6. The third-order valence-electron chi connectivity index (χ3n) is 4.71. The third kappa shape index (κ3) is 5.98. The quantitative estimate of drug-likeness (QED) is 0.281. The Kier molecular flexibility index (Phi) is 7.81. The van der Waals surface area contributed by atoms with Crippen molar-refractivity contribution in [2.45, 2.75) is 20.0 Å². The molecule has 3 aromatic rings. The molecule has 0 spiro atoms. The van der Waals surface area contributed by atoms with Gasteiger partial charge in [-0.2, -0.15) is 13.2 Å². The number of benzene rings is 2. The maximum atomic E-state index is 13.2. The lowest BCUT2D eigenvalue weighted by molar-refractivity contribution is -0.137. The van der Waals surface area contributed by atoms with Crippen LogP contribution in [0, 0.1) is 12.7 Å². The number of anilines is 2. The van der Waals surface area contributed by atoms with Gasteiger partial charge in [0.25, 0.3) is 11.8 Å². The van der Waals surface area contributed by atoms with Gasteiger partial charge in [-0.3, -0.25) is 9.59 Å². The van der Waals surface area contributed by atoms with Crippen molar-refractivity contribution >= 4 is 51.4 Å². The number of ether oxygens (including phenoxy) is 1. The first kappa shape index (κ1) is 26.2. The molecule has 1 heterocycles. The number of thiophene rings is 1. The van der Waals surface area contributed by atoms with Crippen LogP contribution in [0.5, 0.6) is 0 Å². The number of hydrogen-bond acceptors (Lipinski definition) is 5. The predicted octanol–water partition coefficient (Wildman–Crippen LogP) is 6.55. The van der Waals surface area contributed by atoms with Crippen molar-refractivity contribution in [3.05, 3.63) is 80.4 Å². The standard InChI is InChI=1S/C23H17ClF4N2O4S/c1-3-34-22(33)17-11(2)18(35-21(17)30-19(31)12-4-7-14(25)8-5-12)20(32)29-16-10-13(23(26,27)28)6-9-15(16)24/h4-10H,3H2,1-2H3,(H,29,32)(H,30,31). The van der Waals surface area contributed by atoms with E-state index in [9.17, 15) is 31.9 Å². The van der Waals surface area contributed by atoms with Gasteiger partial charge in [-0.25, -0.2) is 9.18 Å². The molecule has 0 aliphatic heterocycles. The number of alkyl halides is 3. The van der Waals surface area contributed by atoms with Gasteiger partial charge < -0.3 is 15.4 Å². The van der Waals surface area contributed by atoms with Crippen molar-refractivity contribution in [2.24, 2.45) is 0 Å². The van der Waals surface area contributed by atoms with E-state index < -0.39 is 35.3 Å². The lowest BCUT2D eigenvalue weighted by Gasteiger charge is -2.11. The van der Waals surface area contributed by atoms with E-state index >= 15 is 0 Å². The molecule has 0 bridgehead atoms. The van der Waals surface area contributed by atoms with Gasteiger partial charge in [0.05, 0.1) is 33.3 Å². The molecule has 3 rings (SSSR count). The number of amides is 2. The van der Waals surface area contributed by atoms with Crippen LogP contribution >= 0.6 is 22.9 Å². The number of hydrogen-bond donors (Lipinski definition) is 2. The van der Waals surface area contributed by atoms with Gasteiger partial charge in [-0.15, -0.1) is 11.3 Å². The van der Waals surface area contributed by atoms with Gasteiger partial charge in [0.2, 0.25) is 0 Å². The van der Waals surface area contributed by atoms with Gasteiger partial charge in [0, 0.05) is 5.56 Å². The monoisotopic (exact) mass is 528 g/mol. The fraction of sp³-hybridized carbons (Fsp3) is 0.174. The van der Waals surface area contributed by atoms with E-state index in [1.54, 1.807) is 6.92 Å². The smallest absolute Gasteiger partial charge is 0.416 e. The van der Waals surface area contributed by atoms with Crippen LogP contribution in [0.4, 0.5) is 28.3 Å². The minimum Gasteiger partial charge on any atom is -0.462 e. The highest BCUT2D eigenvalue weighted by molar-refractivity contribution is 7.19. The Morgan fingerprint density at radius 1 is 1.03 bits per heavy atom. The topological polar surface area (TPSA) is 84.5 Å². The van der Waals surface area contributed by atoms with E-state index in [1.807, 2.05) is 0 Å². The van der Waals surface area contributed by atoms with E-state index in [1.165, 1.54) is 19.1 Å². The van der Waals surface area contributed by atoms with Gasteiger partial charge in [-0.05, 0) is 61.9 Å². The average Bonchev–Trinajstić information content (AvgIpc) is 3.10. The second-order valence-corrected chi connectivity index (χ2v) is 8.52. The van der Waals surface area contributed by atoms with Crippen LogP contribution < -0.4 is 10.6 Å². The van der Waals surface area contributed by atoms with Crippen molar-refractivity contribution < 1.29 is 36.7 Å². The molecule has 0 saturated carbocycles. The summed E-state index contributed by atoms with van der Waals surface area (Å²) < 4.78 is 57.4. The molecule has 0 radical (unpaired) electrons. The number of nitrogens with one attached hydrogen (secondary N) is 2. The van der Waals surface area contributed by atoms with Crippen molar-refractivity contribution in [2.75, 3.05) is 17.2 Å². The number of carbonyl (C=O) groups excluding carboxylic acids is 3. The molecule has 35 heavy (non-hydrogen) atoms. The summed E-state index contributed by atoms with van der Waals surface area (Å²) in [6.45, 7) is 3.01. The van der Waals surface area contributed by atoms with Crippen molar-refractivity contribution in [3.8, 4) is 0 Å². The summed E-state index contributed by atoms with van der Waals surface area (Å²) in [5.74, 6) is -2.88. The van der Waals surface area contributed by atoms with Crippen molar-refractivity contribution in [1.82, 2.24) is 0 Å². The summed E-state index contributed by atoms with van der Waals surface area (Å²) in [5, 5.41) is 4.68. The predicted molar refractivity (Wildman–Crippen MR) is 124 cm³/mol. The van der Waals surface area contributed by atoms with Crippen LogP contribution in [-0.4, -0.2) is 24.4 Å². The van der Waals surface area contributed by atoms with E-state index in [2.05, 4.69) is 10.6 Å². The molecular weight excluding hydrogens is 512 g/mol. The summed E-state index contributed by atoms with van der Waals surface area (Å²) in [5.41, 5.74) is -1.15. The van der Waals surface area contributed by atoms with Crippen molar-refractivity contribution in [1.29, 1.82) is 0 Å². The Labute approximate surface area is 205 Å². The summed E-state index contributed by atoms with van der Waals surface area (Å²) >= 11 is 6.68. The van der Waals surface area contributed by atoms with Gasteiger partial charge in [0.15, 0.2) is 0 Å². The molecular formula is C23H17ClF4N2O4S. The average molecular weight is 529 g/mol. The van der Waals surface area contributed by atoms with E-state index in [-0.39, 0.29) is 43.9 Å². The third-order valence-corrected chi connectivity index (χ3v) is 6.24. The van der Waals surface area contributed by atoms with Crippen LogP contribution in [0.1, 0.15) is 48.4 Å². The molecule has 2 aromatic carbocycles. The zero-order valence-corrected chi connectivity index (χ0v) is 19.8. The maximum Gasteiger partial charge on any atom is 0.416 e. The van der Waals surface area contributed by atoms with E-state index in [0.29, 0.717) is 6.07 Å². The second-order valence-electron chi connectivity index (χ2n) is 7.09. The number of esters is 1. The Morgan fingerprint density at radius 3 is 2.29 bits per heavy atom. The highest BCUT2D eigenvalue weighted by atomic mass is 35.5. The van der Waals surface area contributed by atoms with Gasteiger partial charge in [0.1, 0.15) is 10.8 Å². The molecule has 0 saturated heterocycles. The highest BCUT2D eigenvalue weighted by Crippen LogP contribution is 2.37. The summed E-state index contributed by atoms with van der Waals surface area (Å²) in [4.78, 5) is 38.1. The molecule has 0 aliphatic carbocycles. The fourth-order valence-corrected chi connectivity index (χ4v) is 4.27. The minimum atomic E-state index is -4.65. The largest absolute Gasteiger partial charge is 0.462 e. The number of carbonyl (C=O) groups is 3. The highest BCUT2D eigenvalue weighted by Gasteiger charge is 2.32. The van der Waals surface area contributed by atoms with Crippen LogP contribution in [0.15, 0.2) is 42.5 Å². The zero-order chi connectivity index (χ0) is 25.9. The molecule has 0 fully saturated rings. The minimum absolute atomic E-state index is 0.0147. The Bertz CT molecular complexity index is 1290. The van der Waals surface area contributed by atoms with Gasteiger partial charge in [-0.1, -0.05) is 11.6 Å². The molecule has 2 amide bonds. The fourth-order valence-electron chi connectivity index (χ4n) is 3.02. The molecule has 184 valence electrons. The SMILES string of the molecule is CCOC(=O)c1c(NC(=O)c2ccc(F)cc2)sc(C(=O)Nc2cc(C(F)(F)F)ccc2Cl)c1C. The first-order valence-electron chi connectivity index (χ1n) is 9.97. The van der Waals surface area contributed by atoms with Crippen LogP contribution in [0.25, 0.3) is 0 Å². The Hall–Kier alpha value is -3.44. The first-order chi connectivity index (χ1) is 16.4. The molecule has 0 atom stereocenters. The van der Waals surface area contributed by atoms with Crippen LogP contribution in [-0.2, 0) is 10.9 Å². The van der Waals surface area contributed by atoms with Crippen LogP contribution in [0.2, 0.25) is 5.02 Å². The maximum absolute atomic E-state index is 13.2. The Morgan fingerprint density at radius 2 is 1.69 bits per heavy atom. The molecule has 0 aliphatic rings. The van der Waals surface area contributed by atoms with Gasteiger partial charge >= 0.3 is 12.1 Å². The lowest BCUT2D eigenvalue weighted by Crippen LogP contribution is -2.15. The normalized spacial score (nSPS) is 11.2. The molecule has 6 nitrogen and oxygen atoms in total. The second kappa shape index (κ2) is 10.4. The molecule has 0 unspecified atom stereocenters. The first-order valence-corrected chi connectivity index (χ1v) is 11.2. The Balaban J connectivity index is 1.97. The summed E-state index contributed by atoms with van der Waals surface area (Å²) in [7, 11) is 0. The number of halogens is 5. The molecule has 12 heteroatoms. The van der Waals surface area contributed by atoms with Crippen LogP contribution in [0.3, 0.4) is 0 Å². The molecule has 1 aromatic heterocycles. The van der Waals surface area contributed by atoms with E-state index in [4.69, 9.17) is 16.3 Å². The zero-order valence-electron chi connectivity index (χ0n) is 18.2. The van der Waals surface area contributed by atoms with E-state index in [0.717, 1.165) is 35.6 Å². The van der Waals surface area contributed by atoms with Crippen molar-refractivity contribution in [3.63, 3.8) is 0 Å². The molecule has 2 N–H and O–H groups in total. The lowest BCUT2D eigenvalue weighted by atomic mass is 10.1. The summed E-state index contributed by atoms with van der Waals surface area (Å²) in [6, 6.07) is 7.09. The summed E-state index contributed by atoms with van der Waals surface area (Å²) in [6.07, 6.45) is -4.65.